The summed E-state index contributed by atoms with van der Waals surface area (Å²) in [6, 6.07) is 0. The van der Waals surface area contributed by atoms with Crippen molar-refractivity contribution in [2.75, 3.05) is 39.6 Å². The number of phosphoric ester groups is 2. The van der Waals surface area contributed by atoms with E-state index < -0.39 is 97.5 Å². The maximum atomic E-state index is 13.2. The van der Waals surface area contributed by atoms with E-state index in [1.54, 1.807) is 0 Å². The van der Waals surface area contributed by atoms with Crippen molar-refractivity contribution in [2.24, 2.45) is 5.92 Å². The zero-order valence-electron chi connectivity index (χ0n) is 72.4. The average molecular weight is 1610 g/mol. The summed E-state index contributed by atoms with van der Waals surface area (Å²) >= 11 is 0. The van der Waals surface area contributed by atoms with Crippen LogP contribution in [-0.4, -0.2) is 96.7 Å². The second kappa shape index (κ2) is 83.5. The Labute approximate surface area is 677 Å². The first-order chi connectivity index (χ1) is 53.5. The molecule has 0 spiro atoms. The molecular weight excluding hydrogens is 1430 g/mol. The quantitative estimate of drug-likeness (QED) is 0.0222. The second-order valence-electron chi connectivity index (χ2n) is 33.2. The molecule has 0 amide bonds. The Bertz CT molecular complexity index is 2080. The van der Waals surface area contributed by atoms with Crippen LogP contribution in [0.2, 0.25) is 0 Å². The van der Waals surface area contributed by atoms with Crippen LogP contribution < -0.4 is 0 Å². The van der Waals surface area contributed by atoms with Gasteiger partial charge in [0.15, 0.2) is 12.2 Å². The molecule has 0 aromatic heterocycles. The lowest BCUT2D eigenvalue weighted by molar-refractivity contribution is -0.161. The fourth-order valence-corrected chi connectivity index (χ4v) is 15.9. The van der Waals surface area contributed by atoms with Crippen LogP contribution in [0.15, 0.2) is 0 Å². The van der Waals surface area contributed by atoms with Crippen LogP contribution in [0.1, 0.15) is 497 Å². The number of hydrogen-bond donors (Lipinski definition) is 3. The van der Waals surface area contributed by atoms with Gasteiger partial charge in [0.1, 0.15) is 19.3 Å². The molecule has 5 atom stereocenters. The lowest BCUT2D eigenvalue weighted by Gasteiger charge is -2.21. The molecule has 17 nitrogen and oxygen atoms in total. The van der Waals surface area contributed by atoms with E-state index in [-0.39, 0.29) is 25.7 Å². The summed E-state index contributed by atoms with van der Waals surface area (Å²) < 4.78 is 69.1. The largest absolute Gasteiger partial charge is 0.472 e. The molecule has 0 rings (SSSR count). The van der Waals surface area contributed by atoms with Crippen molar-refractivity contribution in [1.29, 1.82) is 0 Å². The zero-order valence-corrected chi connectivity index (χ0v) is 74.2. The number of hydrogen-bond acceptors (Lipinski definition) is 15. The highest BCUT2D eigenvalue weighted by Gasteiger charge is 2.31. The molecule has 0 saturated heterocycles. The standard InChI is InChI=1S/C91H178O17P2/c1-6-9-12-15-18-21-24-27-29-30-31-32-33-37-41-45-50-55-60-65-70-75-89(94)102-81-87(108-91(96)77-72-67-62-57-52-47-42-38-35-34-36-40-44-48-53-58-63-68-73-84(4)5)83-106-110(99,100)104-79-85(92)78-103-109(97,98)105-82-86(80-101-88(93)74-69-64-59-54-49-43-26-23-20-17-14-11-8-3)107-90(95)76-71-66-61-56-51-46-39-28-25-22-19-16-13-10-7-2/h84-87,92H,6-83H2,1-5H3,(H,97,98)(H,99,100)/t85-,86+,87+/m0/s1. The van der Waals surface area contributed by atoms with Crippen molar-refractivity contribution in [3.63, 3.8) is 0 Å². The number of aliphatic hydroxyl groups excluding tert-OH is 1. The summed E-state index contributed by atoms with van der Waals surface area (Å²) in [5.74, 6) is -1.27. The normalized spacial score (nSPS) is 13.7. The Morgan fingerprint density at radius 1 is 0.245 bits per heavy atom. The Morgan fingerprint density at radius 2 is 0.418 bits per heavy atom. The Hall–Kier alpha value is -1.94. The fraction of sp³-hybridized carbons (Fsp3) is 0.956. The molecule has 0 aromatic carbocycles. The lowest BCUT2D eigenvalue weighted by Crippen LogP contribution is -2.30. The highest BCUT2D eigenvalue weighted by molar-refractivity contribution is 7.47. The maximum absolute atomic E-state index is 13.2. The highest BCUT2D eigenvalue weighted by atomic mass is 31.2. The number of aliphatic hydroxyl groups is 1. The molecule has 3 N–H and O–H groups in total. The first kappa shape index (κ1) is 108. The van der Waals surface area contributed by atoms with Crippen molar-refractivity contribution >= 4 is 39.5 Å². The Balaban J connectivity index is 5.24. The van der Waals surface area contributed by atoms with Crippen LogP contribution in [0.4, 0.5) is 0 Å². The molecular formula is C91H178O17P2. The highest BCUT2D eigenvalue weighted by Crippen LogP contribution is 2.45. The van der Waals surface area contributed by atoms with Crippen LogP contribution in [0.25, 0.3) is 0 Å². The molecule has 0 aliphatic heterocycles. The molecule has 0 aliphatic rings. The van der Waals surface area contributed by atoms with E-state index in [1.165, 1.54) is 321 Å². The van der Waals surface area contributed by atoms with Gasteiger partial charge in [-0.05, 0) is 31.6 Å². The number of phosphoric acid groups is 2. The van der Waals surface area contributed by atoms with Gasteiger partial charge in [-0.15, -0.1) is 0 Å². The third kappa shape index (κ3) is 84.0. The minimum atomic E-state index is -4.97. The molecule has 19 heteroatoms. The van der Waals surface area contributed by atoms with Gasteiger partial charge in [0.05, 0.1) is 26.4 Å². The van der Waals surface area contributed by atoms with Gasteiger partial charge >= 0.3 is 39.5 Å². The third-order valence-electron chi connectivity index (χ3n) is 21.5. The van der Waals surface area contributed by atoms with Gasteiger partial charge in [-0.1, -0.05) is 446 Å². The second-order valence-corrected chi connectivity index (χ2v) is 36.1. The number of carbonyl (C=O) groups excluding carboxylic acids is 4. The SMILES string of the molecule is CCCCCCCCCCCCCCCCCCCCCCCC(=O)OC[C@H](COP(=O)(O)OC[C@@H](O)COP(=O)(O)OC[C@@H](COC(=O)CCCCCCCCCCCCCCC)OC(=O)CCCCCCCCCCCCCCCCC)OC(=O)CCCCCCCCCCCCCCCCCCCCC(C)C. The third-order valence-corrected chi connectivity index (χ3v) is 23.4. The van der Waals surface area contributed by atoms with Crippen molar-refractivity contribution in [2.45, 2.75) is 515 Å². The minimum absolute atomic E-state index is 0.109. The first-order valence-corrected chi connectivity index (χ1v) is 50.1. The summed E-state index contributed by atoms with van der Waals surface area (Å²) in [5, 5.41) is 10.7. The van der Waals surface area contributed by atoms with E-state index in [9.17, 15) is 43.2 Å². The zero-order chi connectivity index (χ0) is 80.4. The van der Waals surface area contributed by atoms with E-state index in [1.807, 2.05) is 0 Å². The van der Waals surface area contributed by atoms with Gasteiger partial charge in [-0.2, -0.15) is 0 Å². The first-order valence-electron chi connectivity index (χ1n) is 47.1. The van der Waals surface area contributed by atoms with Gasteiger partial charge in [0.25, 0.3) is 0 Å². The van der Waals surface area contributed by atoms with Gasteiger partial charge in [0, 0.05) is 25.7 Å². The lowest BCUT2D eigenvalue weighted by atomic mass is 10.0. The predicted molar refractivity (Wildman–Crippen MR) is 455 cm³/mol. The van der Waals surface area contributed by atoms with Crippen LogP contribution >= 0.6 is 15.6 Å². The number of rotatable bonds is 91. The fourth-order valence-electron chi connectivity index (χ4n) is 14.4. The predicted octanol–water partition coefficient (Wildman–Crippen LogP) is 28.3. The topological polar surface area (TPSA) is 237 Å². The molecule has 0 heterocycles. The van der Waals surface area contributed by atoms with Crippen LogP contribution in [-0.2, 0) is 65.4 Å². The molecule has 2 unspecified atom stereocenters. The molecule has 0 aromatic rings. The number of carbonyl (C=O) groups is 4. The Morgan fingerprint density at radius 3 is 0.618 bits per heavy atom. The van der Waals surface area contributed by atoms with Gasteiger partial charge in [-0.3, -0.25) is 37.3 Å². The molecule has 0 aliphatic carbocycles. The van der Waals surface area contributed by atoms with Crippen molar-refractivity contribution < 1.29 is 80.2 Å². The van der Waals surface area contributed by atoms with Gasteiger partial charge < -0.3 is 33.8 Å². The summed E-state index contributed by atoms with van der Waals surface area (Å²) in [5.41, 5.74) is 0. The van der Waals surface area contributed by atoms with Crippen LogP contribution in [0.5, 0.6) is 0 Å². The van der Waals surface area contributed by atoms with Crippen LogP contribution in [0, 0.1) is 5.92 Å². The molecule has 0 saturated carbocycles. The van der Waals surface area contributed by atoms with Crippen LogP contribution in [0.3, 0.4) is 0 Å². The summed E-state index contributed by atoms with van der Waals surface area (Å²) in [6.45, 7) is 7.44. The number of esters is 4. The number of unbranched alkanes of at least 4 members (excludes halogenated alkanes) is 63. The molecule has 110 heavy (non-hydrogen) atoms. The van der Waals surface area contributed by atoms with E-state index in [2.05, 4.69) is 34.6 Å². The van der Waals surface area contributed by atoms with E-state index in [0.717, 1.165) is 95.8 Å². The maximum Gasteiger partial charge on any atom is 0.472 e. The van der Waals surface area contributed by atoms with Crippen molar-refractivity contribution in [3.05, 3.63) is 0 Å². The van der Waals surface area contributed by atoms with E-state index >= 15 is 0 Å². The van der Waals surface area contributed by atoms with Crippen molar-refractivity contribution in [1.82, 2.24) is 0 Å². The minimum Gasteiger partial charge on any atom is -0.462 e. The van der Waals surface area contributed by atoms with Gasteiger partial charge in [0.2, 0.25) is 0 Å². The molecule has 0 bridgehead atoms. The van der Waals surface area contributed by atoms with Gasteiger partial charge in [-0.25, -0.2) is 9.13 Å². The average Bonchev–Trinajstić information content (AvgIpc) is 0.888. The summed E-state index contributed by atoms with van der Waals surface area (Å²) in [4.78, 5) is 73.4. The summed E-state index contributed by atoms with van der Waals surface area (Å²) in [6.07, 6.45) is 79.2. The molecule has 0 fully saturated rings. The van der Waals surface area contributed by atoms with Crippen molar-refractivity contribution in [3.8, 4) is 0 Å². The van der Waals surface area contributed by atoms with E-state index in [0.29, 0.717) is 25.7 Å². The molecule has 654 valence electrons. The smallest absolute Gasteiger partial charge is 0.462 e. The van der Waals surface area contributed by atoms with E-state index in [4.69, 9.17) is 37.0 Å². The molecule has 0 radical (unpaired) electrons. The number of ether oxygens (including phenoxy) is 4. The monoisotopic (exact) mass is 1610 g/mol. The summed E-state index contributed by atoms with van der Waals surface area (Å²) in [7, 11) is -9.93. The Kier molecular flexibility index (Phi) is 82.1.